The molecule has 1 aromatic heterocycles. The molecule has 3 rings (SSSR count). The number of ether oxygens (including phenoxy) is 1. The predicted octanol–water partition coefficient (Wildman–Crippen LogP) is 2.68. The van der Waals surface area contributed by atoms with Gasteiger partial charge in [-0.3, -0.25) is 4.90 Å². The highest BCUT2D eigenvalue weighted by Crippen LogP contribution is 2.36. The molecular formula is C15H23F2N3O. The highest BCUT2D eigenvalue weighted by molar-refractivity contribution is 4.97. The van der Waals surface area contributed by atoms with Crippen LogP contribution in [-0.2, 0) is 17.8 Å². The lowest BCUT2D eigenvalue weighted by molar-refractivity contribution is -0.107. The third-order valence-corrected chi connectivity index (χ3v) is 4.46. The summed E-state index contributed by atoms with van der Waals surface area (Å²) in [5, 5.41) is 0. The maximum absolute atomic E-state index is 13.2. The minimum Gasteiger partial charge on any atom is -0.372 e. The van der Waals surface area contributed by atoms with Crippen LogP contribution in [0.25, 0.3) is 0 Å². The Morgan fingerprint density at radius 2 is 2.14 bits per heavy atom. The van der Waals surface area contributed by atoms with Crippen LogP contribution < -0.4 is 0 Å². The zero-order valence-corrected chi connectivity index (χ0v) is 12.5. The number of hydrogen-bond acceptors (Lipinski definition) is 3. The van der Waals surface area contributed by atoms with Gasteiger partial charge in [-0.05, 0) is 12.8 Å². The van der Waals surface area contributed by atoms with Crippen molar-refractivity contribution >= 4 is 0 Å². The van der Waals surface area contributed by atoms with Crippen molar-refractivity contribution in [3.05, 3.63) is 18.2 Å². The van der Waals surface area contributed by atoms with E-state index in [-0.39, 0.29) is 12.1 Å². The molecule has 4 nitrogen and oxygen atoms in total. The van der Waals surface area contributed by atoms with Crippen LogP contribution in [0.2, 0.25) is 0 Å². The van der Waals surface area contributed by atoms with Crippen molar-refractivity contribution in [3.8, 4) is 0 Å². The molecule has 1 spiro atoms. The Kier molecular flexibility index (Phi) is 4.01. The van der Waals surface area contributed by atoms with Gasteiger partial charge in [0, 0.05) is 32.4 Å². The van der Waals surface area contributed by atoms with Gasteiger partial charge in [-0.1, -0.05) is 12.8 Å². The molecule has 0 atom stereocenters. The van der Waals surface area contributed by atoms with Crippen LogP contribution in [0.15, 0.2) is 12.4 Å². The Morgan fingerprint density at radius 3 is 2.86 bits per heavy atom. The van der Waals surface area contributed by atoms with E-state index >= 15 is 0 Å². The Balaban J connectivity index is 1.65. The minimum atomic E-state index is -2.72. The molecular weight excluding hydrogens is 276 g/mol. The number of hydrogen-bond donors (Lipinski definition) is 0. The van der Waals surface area contributed by atoms with Gasteiger partial charge >= 0.3 is 0 Å². The first-order chi connectivity index (χ1) is 9.96. The van der Waals surface area contributed by atoms with Gasteiger partial charge in [0.25, 0.3) is 5.92 Å². The fourth-order valence-electron chi connectivity index (χ4n) is 3.51. The van der Waals surface area contributed by atoms with Gasteiger partial charge in [0.2, 0.25) is 0 Å². The fourth-order valence-corrected chi connectivity index (χ4v) is 3.51. The van der Waals surface area contributed by atoms with Crippen LogP contribution in [0, 0.1) is 0 Å². The zero-order valence-electron chi connectivity index (χ0n) is 12.5. The first kappa shape index (κ1) is 14.9. The molecule has 2 heterocycles. The number of morpholine rings is 1. The molecule has 1 saturated heterocycles. The summed E-state index contributed by atoms with van der Waals surface area (Å²) in [5.41, 5.74) is 0.00433. The number of aromatic nitrogens is 2. The van der Waals surface area contributed by atoms with E-state index in [1.54, 1.807) is 17.0 Å². The van der Waals surface area contributed by atoms with Gasteiger partial charge in [0.15, 0.2) is 0 Å². The van der Waals surface area contributed by atoms with Crippen LogP contribution in [0.3, 0.4) is 0 Å². The van der Waals surface area contributed by atoms with Crippen molar-refractivity contribution in [3.63, 3.8) is 0 Å². The number of imidazole rings is 1. The van der Waals surface area contributed by atoms with Gasteiger partial charge in [-0.15, -0.1) is 0 Å². The van der Waals surface area contributed by atoms with Gasteiger partial charge in [0.05, 0.1) is 25.3 Å². The summed E-state index contributed by atoms with van der Waals surface area (Å²) in [7, 11) is 0. The van der Waals surface area contributed by atoms with Gasteiger partial charge in [-0.25, -0.2) is 13.8 Å². The average Bonchev–Trinajstić information content (AvgIpc) is 2.99. The third kappa shape index (κ3) is 3.61. The van der Waals surface area contributed by atoms with E-state index in [0.29, 0.717) is 12.4 Å². The van der Waals surface area contributed by atoms with Gasteiger partial charge in [0.1, 0.15) is 5.82 Å². The first-order valence-corrected chi connectivity index (χ1v) is 7.70. The average molecular weight is 299 g/mol. The number of halogens is 2. The van der Waals surface area contributed by atoms with Crippen molar-refractivity contribution in [1.29, 1.82) is 0 Å². The zero-order chi connectivity index (χ0) is 14.9. The molecule has 1 aromatic rings. The second-order valence-corrected chi connectivity index (χ2v) is 6.49. The molecule has 1 aliphatic heterocycles. The number of nitrogens with zero attached hydrogens (tertiary/aromatic N) is 3. The first-order valence-electron chi connectivity index (χ1n) is 7.70. The van der Waals surface area contributed by atoms with Gasteiger partial charge in [-0.2, -0.15) is 0 Å². The van der Waals surface area contributed by atoms with E-state index in [9.17, 15) is 8.78 Å². The van der Waals surface area contributed by atoms with E-state index in [2.05, 4.69) is 9.88 Å². The Hall–Kier alpha value is -1.01. The van der Waals surface area contributed by atoms with Crippen molar-refractivity contribution in [1.82, 2.24) is 14.5 Å². The van der Waals surface area contributed by atoms with Crippen molar-refractivity contribution < 1.29 is 13.5 Å². The second-order valence-electron chi connectivity index (χ2n) is 6.49. The lowest BCUT2D eigenvalue weighted by atomic mass is 10.00. The molecule has 21 heavy (non-hydrogen) atoms. The summed E-state index contributed by atoms with van der Waals surface area (Å²) in [4.78, 5) is 6.55. The molecule has 0 amide bonds. The van der Waals surface area contributed by atoms with E-state index in [1.807, 2.05) is 0 Å². The number of rotatable bonds is 4. The van der Waals surface area contributed by atoms with E-state index < -0.39 is 5.92 Å². The largest absolute Gasteiger partial charge is 0.372 e. The molecule has 0 N–H and O–H groups in total. The second kappa shape index (κ2) is 5.65. The van der Waals surface area contributed by atoms with Crippen LogP contribution in [0.1, 0.15) is 38.4 Å². The Labute approximate surface area is 124 Å². The summed E-state index contributed by atoms with van der Waals surface area (Å²) in [6.07, 6.45) is 7.93. The van der Waals surface area contributed by atoms with Crippen LogP contribution in [0.5, 0.6) is 0 Å². The Bertz CT molecular complexity index is 478. The SMILES string of the molecule is CC(F)(F)Cn1ccnc1CN1CCOC2(CCCC2)C1. The monoisotopic (exact) mass is 299 g/mol. The number of alkyl halides is 2. The summed E-state index contributed by atoms with van der Waals surface area (Å²) in [5.74, 6) is -2.00. The van der Waals surface area contributed by atoms with Crippen LogP contribution in [0.4, 0.5) is 8.78 Å². The molecule has 0 bridgehead atoms. The van der Waals surface area contributed by atoms with E-state index in [0.717, 1.165) is 39.5 Å². The summed E-state index contributed by atoms with van der Waals surface area (Å²) in [6.45, 7) is 3.72. The normalized spacial score (nSPS) is 23.0. The molecule has 2 fully saturated rings. The quantitative estimate of drug-likeness (QED) is 0.856. The molecule has 0 unspecified atom stereocenters. The molecule has 118 valence electrons. The van der Waals surface area contributed by atoms with Crippen molar-refractivity contribution in [2.75, 3.05) is 19.7 Å². The molecule has 0 aromatic carbocycles. The Morgan fingerprint density at radius 1 is 1.38 bits per heavy atom. The minimum absolute atomic E-state index is 0.00433. The van der Waals surface area contributed by atoms with E-state index in [4.69, 9.17) is 4.74 Å². The molecule has 1 saturated carbocycles. The van der Waals surface area contributed by atoms with Crippen molar-refractivity contribution in [2.24, 2.45) is 0 Å². The molecule has 2 aliphatic rings. The lowest BCUT2D eigenvalue weighted by Gasteiger charge is -2.40. The summed E-state index contributed by atoms with van der Waals surface area (Å²) in [6, 6.07) is 0. The third-order valence-electron chi connectivity index (χ3n) is 4.46. The summed E-state index contributed by atoms with van der Waals surface area (Å²) < 4.78 is 34.0. The standard InChI is InChI=1S/C15H23F2N3O/c1-14(16,17)11-20-7-6-18-13(20)10-19-8-9-21-15(12-19)4-2-3-5-15/h6-7H,2-5,8-12H2,1H3. The topological polar surface area (TPSA) is 30.3 Å². The molecule has 0 radical (unpaired) electrons. The molecule has 1 aliphatic carbocycles. The summed E-state index contributed by atoms with van der Waals surface area (Å²) >= 11 is 0. The molecule has 6 heteroatoms. The smallest absolute Gasteiger partial charge is 0.262 e. The highest BCUT2D eigenvalue weighted by Gasteiger charge is 2.39. The predicted molar refractivity (Wildman–Crippen MR) is 75.3 cm³/mol. The fraction of sp³-hybridized carbons (Fsp3) is 0.800. The van der Waals surface area contributed by atoms with Gasteiger partial charge < -0.3 is 9.30 Å². The maximum atomic E-state index is 13.2. The van der Waals surface area contributed by atoms with Crippen LogP contribution in [-0.4, -0.2) is 45.7 Å². The lowest BCUT2D eigenvalue weighted by Crippen LogP contribution is -2.50. The highest BCUT2D eigenvalue weighted by atomic mass is 19.3. The van der Waals surface area contributed by atoms with E-state index in [1.165, 1.54) is 12.8 Å². The maximum Gasteiger partial charge on any atom is 0.262 e. The van der Waals surface area contributed by atoms with Crippen LogP contribution >= 0.6 is 0 Å². The van der Waals surface area contributed by atoms with Crippen molar-refractivity contribution in [2.45, 2.75) is 57.2 Å².